The van der Waals surface area contributed by atoms with Gasteiger partial charge in [0.25, 0.3) is 6.43 Å². The van der Waals surface area contributed by atoms with E-state index >= 15 is 0 Å². The molecular weight excluding hydrogens is 404 g/mol. The molecule has 0 unspecified atom stereocenters. The standard InChI is InChI=1S/C19H13F2N3O4S/c20-19(21)16-14-6-5-13-12(7-8-15-18(13)28-9-27-15)17(14)24(23-16)10-1-3-11(4-2-10)29(22,25)26/h1-8,19H,9H2,(H2,22,25,26). The van der Waals surface area contributed by atoms with Crippen molar-refractivity contribution in [3.8, 4) is 17.2 Å². The first kappa shape index (κ1) is 17.8. The lowest BCUT2D eigenvalue weighted by Gasteiger charge is -2.08. The van der Waals surface area contributed by atoms with Crippen LogP contribution in [-0.4, -0.2) is 25.0 Å². The highest BCUT2D eigenvalue weighted by atomic mass is 32.2. The van der Waals surface area contributed by atoms with Crippen molar-refractivity contribution in [3.63, 3.8) is 0 Å². The number of halogens is 2. The Morgan fingerprint density at radius 3 is 2.34 bits per heavy atom. The van der Waals surface area contributed by atoms with Gasteiger partial charge in [0.1, 0.15) is 5.69 Å². The Balaban J connectivity index is 1.83. The van der Waals surface area contributed by atoms with E-state index in [9.17, 15) is 17.2 Å². The van der Waals surface area contributed by atoms with Gasteiger partial charge in [-0.25, -0.2) is 27.0 Å². The zero-order valence-electron chi connectivity index (χ0n) is 14.7. The van der Waals surface area contributed by atoms with Gasteiger partial charge in [0.05, 0.1) is 16.1 Å². The number of fused-ring (bicyclic) bond motifs is 5. The van der Waals surface area contributed by atoms with Crippen LogP contribution in [-0.2, 0) is 10.0 Å². The van der Waals surface area contributed by atoms with Crippen LogP contribution in [0.3, 0.4) is 0 Å². The molecule has 0 amide bonds. The van der Waals surface area contributed by atoms with Crippen LogP contribution in [0, 0.1) is 0 Å². The average molecular weight is 417 g/mol. The first-order valence-electron chi connectivity index (χ1n) is 8.50. The molecule has 148 valence electrons. The quantitative estimate of drug-likeness (QED) is 0.550. The number of primary sulfonamides is 1. The summed E-state index contributed by atoms with van der Waals surface area (Å²) in [6.45, 7) is 0.0864. The summed E-state index contributed by atoms with van der Waals surface area (Å²) in [4.78, 5) is -0.0833. The van der Waals surface area contributed by atoms with Gasteiger partial charge in [-0.3, -0.25) is 0 Å². The lowest BCUT2D eigenvalue weighted by molar-refractivity contribution is 0.147. The third-order valence-electron chi connectivity index (χ3n) is 4.82. The number of alkyl halides is 2. The number of nitrogens with zero attached hydrogens (tertiary/aromatic N) is 2. The van der Waals surface area contributed by atoms with Crippen molar-refractivity contribution in [2.24, 2.45) is 5.14 Å². The summed E-state index contributed by atoms with van der Waals surface area (Å²) in [5.74, 6) is 1.12. The predicted molar refractivity (Wildman–Crippen MR) is 101 cm³/mol. The van der Waals surface area contributed by atoms with Crippen LogP contribution >= 0.6 is 0 Å². The van der Waals surface area contributed by atoms with E-state index in [0.29, 0.717) is 38.9 Å². The van der Waals surface area contributed by atoms with Gasteiger partial charge in [-0.2, -0.15) is 5.10 Å². The summed E-state index contributed by atoms with van der Waals surface area (Å²) < 4.78 is 62.6. The Labute approximate surface area is 163 Å². The molecule has 7 nitrogen and oxygen atoms in total. The Kier molecular flexibility index (Phi) is 3.77. The molecule has 0 fully saturated rings. The van der Waals surface area contributed by atoms with Gasteiger partial charge in [-0.15, -0.1) is 0 Å². The van der Waals surface area contributed by atoms with Crippen molar-refractivity contribution in [1.29, 1.82) is 0 Å². The second kappa shape index (κ2) is 6.13. The van der Waals surface area contributed by atoms with E-state index in [1.54, 1.807) is 24.3 Å². The number of sulfonamides is 1. The normalized spacial score (nSPS) is 13.7. The van der Waals surface area contributed by atoms with E-state index in [1.807, 2.05) is 0 Å². The topological polar surface area (TPSA) is 96.4 Å². The van der Waals surface area contributed by atoms with Crippen molar-refractivity contribution < 1.29 is 26.7 Å². The van der Waals surface area contributed by atoms with Crippen LogP contribution < -0.4 is 14.6 Å². The van der Waals surface area contributed by atoms with Crippen LogP contribution in [0.25, 0.3) is 27.4 Å². The summed E-state index contributed by atoms with van der Waals surface area (Å²) in [7, 11) is -3.87. The van der Waals surface area contributed by atoms with Crippen LogP contribution in [0.15, 0.2) is 53.4 Å². The van der Waals surface area contributed by atoms with Gasteiger partial charge in [0.2, 0.25) is 16.8 Å². The number of ether oxygens (including phenoxy) is 2. The maximum atomic E-state index is 13.6. The van der Waals surface area contributed by atoms with Crippen LogP contribution in [0.4, 0.5) is 8.78 Å². The van der Waals surface area contributed by atoms with Gasteiger partial charge in [-0.05, 0) is 48.5 Å². The van der Waals surface area contributed by atoms with Crippen molar-refractivity contribution >= 4 is 31.7 Å². The van der Waals surface area contributed by atoms with Gasteiger partial charge >= 0.3 is 0 Å². The second-order valence-electron chi connectivity index (χ2n) is 6.49. The van der Waals surface area contributed by atoms with Crippen LogP contribution in [0.2, 0.25) is 0 Å². The summed E-state index contributed by atoms with van der Waals surface area (Å²) in [5, 5.41) is 10.9. The number of benzene rings is 3. The molecule has 2 N–H and O–H groups in total. The molecule has 0 bridgehead atoms. The number of hydrogen-bond acceptors (Lipinski definition) is 5. The third kappa shape index (κ3) is 2.71. The van der Waals surface area contributed by atoms with E-state index in [1.165, 1.54) is 28.9 Å². The van der Waals surface area contributed by atoms with Gasteiger partial charge in [-0.1, -0.05) is 0 Å². The Morgan fingerprint density at radius 1 is 0.966 bits per heavy atom. The molecule has 0 saturated carbocycles. The molecule has 0 radical (unpaired) electrons. The number of nitrogens with two attached hydrogens (primary N) is 1. The monoisotopic (exact) mass is 417 g/mol. The molecule has 2 heterocycles. The predicted octanol–water partition coefficient (Wildman–Crippen LogP) is 3.49. The van der Waals surface area contributed by atoms with Crippen molar-refractivity contribution in [2.75, 3.05) is 6.79 Å². The molecule has 0 aliphatic carbocycles. The minimum atomic E-state index is -3.87. The van der Waals surface area contributed by atoms with Crippen LogP contribution in [0.1, 0.15) is 12.1 Å². The average Bonchev–Trinajstić information content (AvgIpc) is 3.32. The lowest BCUT2D eigenvalue weighted by atomic mass is 10.0. The highest BCUT2D eigenvalue weighted by molar-refractivity contribution is 7.89. The van der Waals surface area contributed by atoms with E-state index in [0.717, 1.165) is 0 Å². The zero-order valence-corrected chi connectivity index (χ0v) is 15.5. The molecule has 10 heteroatoms. The highest BCUT2D eigenvalue weighted by Crippen LogP contribution is 2.43. The summed E-state index contributed by atoms with van der Waals surface area (Å²) >= 11 is 0. The van der Waals surface area contributed by atoms with Crippen molar-refractivity contribution in [3.05, 3.63) is 54.2 Å². The smallest absolute Gasteiger partial charge is 0.282 e. The summed E-state index contributed by atoms with van der Waals surface area (Å²) in [5.41, 5.74) is 0.508. The Morgan fingerprint density at radius 2 is 1.66 bits per heavy atom. The Hall–Kier alpha value is -3.24. The minimum Gasteiger partial charge on any atom is -0.454 e. The fourth-order valence-electron chi connectivity index (χ4n) is 3.53. The molecule has 1 aliphatic heterocycles. The number of rotatable bonds is 3. The molecule has 0 spiro atoms. The number of aromatic nitrogens is 2. The molecule has 5 rings (SSSR count). The van der Waals surface area contributed by atoms with Gasteiger partial charge < -0.3 is 9.47 Å². The lowest BCUT2D eigenvalue weighted by Crippen LogP contribution is -2.12. The van der Waals surface area contributed by atoms with E-state index in [4.69, 9.17) is 14.6 Å². The fraction of sp³-hybridized carbons (Fsp3) is 0.105. The molecular formula is C19H13F2N3O4S. The van der Waals surface area contributed by atoms with Crippen molar-refractivity contribution in [1.82, 2.24) is 9.78 Å². The first-order valence-corrected chi connectivity index (χ1v) is 10.0. The van der Waals surface area contributed by atoms with Crippen molar-refractivity contribution in [2.45, 2.75) is 11.3 Å². The molecule has 4 aromatic rings. The second-order valence-corrected chi connectivity index (χ2v) is 8.05. The summed E-state index contributed by atoms with van der Waals surface area (Å²) in [6.07, 6.45) is -2.78. The minimum absolute atomic E-state index is 0.0833. The summed E-state index contributed by atoms with van der Waals surface area (Å²) in [6, 6.07) is 12.3. The first-order chi connectivity index (χ1) is 13.8. The Bertz CT molecular complexity index is 1380. The number of hydrogen-bond donors (Lipinski definition) is 1. The van der Waals surface area contributed by atoms with Crippen LogP contribution in [0.5, 0.6) is 11.5 Å². The van der Waals surface area contributed by atoms with Gasteiger partial charge in [0, 0.05) is 16.2 Å². The maximum absolute atomic E-state index is 13.6. The third-order valence-corrected chi connectivity index (χ3v) is 5.75. The molecule has 3 aromatic carbocycles. The van der Waals surface area contributed by atoms with Gasteiger partial charge in [0.15, 0.2) is 11.5 Å². The fourth-order valence-corrected chi connectivity index (χ4v) is 4.04. The molecule has 29 heavy (non-hydrogen) atoms. The molecule has 1 aliphatic rings. The maximum Gasteiger partial charge on any atom is 0.282 e. The van der Waals surface area contributed by atoms with E-state index in [2.05, 4.69) is 5.10 Å². The molecule has 0 saturated heterocycles. The largest absolute Gasteiger partial charge is 0.454 e. The van der Waals surface area contributed by atoms with E-state index in [-0.39, 0.29) is 17.4 Å². The van der Waals surface area contributed by atoms with E-state index < -0.39 is 16.4 Å². The highest BCUT2D eigenvalue weighted by Gasteiger charge is 2.24. The zero-order chi connectivity index (χ0) is 20.3. The molecule has 1 aromatic heterocycles. The molecule has 0 atom stereocenters. The SMILES string of the molecule is NS(=O)(=O)c1ccc(-n2nc(C(F)F)c3ccc4c5c(ccc4c32)OCO5)cc1.